The first-order chi connectivity index (χ1) is 12.1. The molecule has 2 aliphatic rings. The van der Waals surface area contributed by atoms with Crippen LogP contribution in [0.3, 0.4) is 0 Å². The fourth-order valence-corrected chi connectivity index (χ4v) is 3.45. The lowest BCUT2D eigenvalue weighted by Gasteiger charge is -2.10. The molecule has 1 atom stereocenters. The number of benzene rings is 1. The first-order valence-electron chi connectivity index (χ1n) is 8.16. The molecule has 1 aromatic heterocycles. The molecule has 1 aliphatic carbocycles. The Hall–Kier alpha value is -2.53. The summed E-state index contributed by atoms with van der Waals surface area (Å²) >= 11 is 0. The molecular formula is C17H18N5O2P. The first-order valence-corrected chi connectivity index (χ1v) is 9.61. The van der Waals surface area contributed by atoms with E-state index in [1.165, 1.54) is 6.33 Å². The first kappa shape index (κ1) is 16.0. The molecule has 2 amide bonds. The number of fused-ring (bicyclic) bond motifs is 1. The zero-order chi connectivity index (χ0) is 17.4. The number of rotatable bonds is 5. The van der Waals surface area contributed by atoms with Gasteiger partial charge in [0.15, 0.2) is 0 Å². The van der Waals surface area contributed by atoms with Crippen molar-refractivity contribution in [2.24, 2.45) is 5.92 Å². The van der Waals surface area contributed by atoms with Gasteiger partial charge in [0, 0.05) is 23.2 Å². The van der Waals surface area contributed by atoms with Crippen LogP contribution in [0, 0.1) is 5.92 Å². The summed E-state index contributed by atoms with van der Waals surface area (Å²) in [5.41, 5.74) is 2.63. The predicted octanol–water partition coefficient (Wildman–Crippen LogP) is 2.75. The summed E-state index contributed by atoms with van der Waals surface area (Å²) in [5.74, 6) is 1.32. The number of carbonyl (C=O) groups is 2. The van der Waals surface area contributed by atoms with Gasteiger partial charge in [0.1, 0.15) is 18.0 Å². The summed E-state index contributed by atoms with van der Waals surface area (Å²) in [6.07, 6.45) is 3.32. The fourth-order valence-electron chi connectivity index (χ4n) is 2.79. The topological polar surface area (TPSA) is 87.2 Å². The van der Waals surface area contributed by atoms with Crippen LogP contribution in [0.25, 0.3) is 0 Å². The molecule has 0 spiro atoms. The molecule has 2 heterocycles. The highest BCUT2D eigenvalue weighted by Crippen LogP contribution is 2.32. The van der Waals surface area contributed by atoms with Gasteiger partial charge in [-0.05, 0) is 52.0 Å². The Morgan fingerprint density at radius 3 is 2.80 bits per heavy atom. The molecule has 1 saturated carbocycles. The Kier molecular flexibility index (Phi) is 4.09. The van der Waals surface area contributed by atoms with Gasteiger partial charge in [0.05, 0.1) is 6.54 Å². The zero-order valence-corrected chi connectivity index (χ0v) is 14.7. The van der Waals surface area contributed by atoms with Crippen molar-refractivity contribution in [3.05, 3.63) is 41.7 Å². The molecule has 0 radical (unpaired) electrons. The second kappa shape index (κ2) is 6.41. The van der Waals surface area contributed by atoms with Crippen molar-refractivity contribution >= 4 is 37.9 Å². The van der Waals surface area contributed by atoms with E-state index in [9.17, 15) is 9.59 Å². The minimum absolute atomic E-state index is 0.0150. The normalized spacial score (nSPS) is 16.4. The fraction of sp³-hybridized carbons (Fsp3) is 0.294. The van der Waals surface area contributed by atoms with Gasteiger partial charge in [-0.3, -0.25) is 9.59 Å². The smallest absolute Gasteiger partial charge is 0.257 e. The lowest BCUT2D eigenvalue weighted by atomic mass is 10.1. The molecule has 4 rings (SSSR count). The van der Waals surface area contributed by atoms with Crippen molar-refractivity contribution in [2.75, 3.05) is 17.3 Å². The van der Waals surface area contributed by atoms with Gasteiger partial charge in [-0.25, -0.2) is 9.97 Å². The third-order valence-corrected chi connectivity index (χ3v) is 5.22. The number of nitrogens with one attached hydrogen (secondary N) is 2. The maximum absolute atomic E-state index is 12.2. The standard InChI is InChI=1S/C17H18N5O2P/c1-25-22-8-11-6-12(4-5-13(11)17(22)24)20-14-7-15(19-9-18-14)21-16(23)10-2-3-10/h4-7,9-10,25H,2-3,8H2,1H3,(H2,18,19,20,21,23). The van der Waals surface area contributed by atoms with Crippen LogP contribution in [-0.2, 0) is 11.3 Å². The molecule has 1 unspecified atom stereocenters. The third-order valence-electron chi connectivity index (χ3n) is 4.32. The van der Waals surface area contributed by atoms with Crippen molar-refractivity contribution in [2.45, 2.75) is 19.4 Å². The van der Waals surface area contributed by atoms with Gasteiger partial charge < -0.3 is 15.3 Å². The van der Waals surface area contributed by atoms with Crippen LogP contribution in [-0.4, -0.2) is 33.1 Å². The average molecular weight is 355 g/mol. The average Bonchev–Trinajstić information content (AvgIpc) is 3.40. The van der Waals surface area contributed by atoms with E-state index in [4.69, 9.17) is 0 Å². The van der Waals surface area contributed by atoms with Crippen molar-refractivity contribution in [1.29, 1.82) is 0 Å². The van der Waals surface area contributed by atoms with Crippen molar-refractivity contribution in [3.63, 3.8) is 0 Å². The van der Waals surface area contributed by atoms with Crippen LogP contribution >= 0.6 is 8.73 Å². The van der Waals surface area contributed by atoms with E-state index in [0.717, 1.165) is 29.7 Å². The summed E-state index contributed by atoms with van der Waals surface area (Å²) in [5, 5.41) is 6.02. The minimum atomic E-state index is 0.0150. The van der Waals surface area contributed by atoms with Crippen molar-refractivity contribution in [1.82, 2.24) is 14.6 Å². The highest BCUT2D eigenvalue weighted by molar-refractivity contribution is 7.35. The Bertz CT molecular complexity index is 853. The molecule has 0 bridgehead atoms. The minimum Gasteiger partial charge on any atom is -0.340 e. The molecule has 2 aromatic rings. The second-order valence-electron chi connectivity index (χ2n) is 6.16. The Morgan fingerprint density at radius 1 is 1.24 bits per heavy atom. The molecule has 128 valence electrons. The SMILES string of the molecule is CPN1Cc2cc(Nc3cc(NC(=O)C4CC4)ncn3)ccc2C1=O. The summed E-state index contributed by atoms with van der Waals surface area (Å²) < 4.78 is 1.84. The number of anilines is 3. The summed E-state index contributed by atoms with van der Waals surface area (Å²) in [4.78, 5) is 32.3. The van der Waals surface area contributed by atoms with Crippen LogP contribution in [0.15, 0.2) is 30.6 Å². The number of hydrogen-bond donors (Lipinski definition) is 2. The Balaban J connectivity index is 1.49. The van der Waals surface area contributed by atoms with Crippen LogP contribution < -0.4 is 10.6 Å². The molecule has 1 fully saturated rings. The van der Waals surface area contributed by atoms with Crippen LogP contribution in [0.4, 0.5) is 17.3 Å². The van der Waals surface area contributed by atoms with Crippen LogP contribution in [0.2, 0.25) is 0 Å². The monoisotopic (exact) mass is 355 g/mol. The molecule has 1 aromatic carbocycles. The Morgan fingerprint density at radius 2 is 2.04 bits per heavy atom. The lowest BCUT2D eigenvalue weighted by Crippen LogP contribution is -2.14. The quantitative estimate of drug-likeness (QED) is 0.806. The molecule has 1 aliphatic heterocycles. The zero-order valence-electron chi connectivity index (χ0n) is 13.7. The molecule has 8 heteroatoms. The molecule has 25 heavy (non-hydrogen) atoms. The van der Waals surface area contributed by atoms with Gasteiger partial charge >= 0.3 is 0 Å². The van der Waals surface area contributed by atoms with E-state index in [-0.39, 0.29) is 17.7 Å². The molecule has 0 saturated heterocycles. The Labute approximate surface area is 147 Å². The number of nitrogens with zero attached hydrogens (tertiary/aromatic N) is 3. The van der Waals surface area contributed by atoms with Gasteiger partial charge in [0.25, 0.3) is 5.91 Å². The van der Waals surface area contributed by atoms with E-state index in [1.54, 1.807) is 6.07 Å². The van der Waals surface area contributed by atoms with E-state index in [2.05, 4.69) is 20.6 Å². The number of amides is 2. The van der Waals surface area contributed by atoms with Gasteiger partial charge in [-0.2, -0.15) is 0 Å². The van der Waals surface area contributed by atoms with E-state index in [0.29, 0.717) is 26.9 Å². The molecular weight excluding hydrogens is 337 g/mol. The summed E-state index contributed by atoms with van der Waals surface area (Å²) in [6.45, 7) is 2.65. The van der Waals surface area contributed by atoms with E-state index in [1.807, 2.05) is 29.5 Å². The molecule has 2 N–H and O–H groups in total. The third kappa shape index (κ3) is 3.33. The van der Waals surface area contributed by atoms with E-state index < -0.39 is 0 Å². The van der Waals surface area contributed by atoms with Crippen LogP contribution in [0.1, 0.15) is 28.8 Å². The molecule has 7 nitrogen and oxygen atoms in total. The highest BCUT2D eigenvalue weighted by atomic mass is 31.1. The number of hydrogen-bond acceptors (Lipinski definition) is 5. The largest absolute Gasteiger partial charge is 0.340 e. The second-order valence-corrected chi connectivity index (χ2v) is 7.15. The maximum atomic E-state index is 12.2. The van der Waals surface area contributed by atoms with E-state index >= 15 is 0 Å². The lowest BCUT2D eigenvalue weighted by molar-refractivity contribution is -0.117. The number of carbonyl (C=O) groups excluding carboxylic acids is 2. The summed E-state index contributed by atoms with van der Waals surface area (Å²) in [6, 6.07) is 7.39. The maximum Gasteiger partial charge on any atom is 0.257 e. The number of aromatic nitrogens is 2. The summed E-state index contributed by atoms with van der Waals surface area (Å²) in [7, 11) is 0.459. The van der Waals surface area contributed by atoms with Gasteiger partial charge in [-0.1, -0.05) is 0 Å². The van der Waals surface area contributed by atoms with Gasteiger partial charge in [-0.15, -0.1) is 0 Å². The highest BCUT2D eigenvalue weighted by Gasteiger charge is 2.30. The van der Waals surface area contributed by atoms with Crippen LogP contribution in [0.5, 0.6) is 0 Å². The predicted molar refractivity (Wildman–Crippen MR) is 97.2 cm³/mol. The van der Waals surface area contributed by atoms with Crippen molar-refractivity contribution < 1.29 is 9.59 Å². The van der Waals surface area contributed by atoms with Crippen molar-refractivity contribution in [3.8, 4) is 0 Å². The van der Waals surface area contributed by atoms with Gasteiger partial charge in [0.2, 0.25) is 5.91 Å².